The Morgan fingerprint density at radius 1 is 1.11 bits per heavy atom. The van der Waals surface area contributed by atoms with E-state index in [2.05, 4.69) is 45.5 Å². The Morgan fingerprint density at radius 2 is 1.92 bits per heavy atom. The maximum Gasteiger partial charge on any atom is 0.289 e. The van der Waals surface area contributed by atoms with E-state index in [9.17, 15) is 13.6 Å². The molecule has 0 bridgehead atoms. The highest BCUT2D eigenvalue weighted by atomic mass is 32.1. The van der Waals surface area contributed by atoms with E-state index in [1.807, 2.05) is 0 Å². The lowest BCUT2D eigenvalue weighted by atomic mass is 9.68. The summed E-state index contributed by atoms with van der Waals surface area (Å²) in [7, 11) is 0. The number of carbonyl (C=O) groups is 1. The van der Waals surface area contributed by atoms with E-state index < -0.39 is 6.43 Å². The van der Waals surface area contributed by atoms with Crippen molar-refractivity contribution >= 4 is 17.2 Å². The van der Waals surface area contributed by atoms with Gasteiger partial charge in [0.2, 0.25) is 5.91 Å². The first kappa shape index (κ1) is 24.5. The number of hydrogen-bond acceptors (Lipinski definition) is 4. The summed E-state index contributed by atoms with van der Waals surface area (Å²) in [4.78, 5) is 22.0. The van der Waals surface area contributed by atoms with Crippen LogP contribution in [0.1, 0.15) is 91.3 Å². The summed E-state index contributed by atoms with van der Waals surface area (Å²) in [5.41, 5.74) is 1.82. The van der Waals surface area contributed by atoms with Crippen molar-refractivity contribution in [2.75, 3.05) is 19.6 Å². The van der Waals surface area contributed by atoms with Gasteiger partial charge in [0.15, 0.2) is 5.01 Å². The second-order valence-corrected chi connectivity index (χ2v) is 12.5. The molecule has 2 saturated heterocycles. The van der Waals surface area contributed by atoms with E-state index in [1.54, 1.807) is 0 Å². The molecule has 2 aliphatic carbocycles. The number of nitrogens with zero attached hydrogens (tertiary/aromatic N) is 2. The van der Waals surface area contributed by atoms with Crippen LogP contribution in [0.25, 0.3) is 0 Å². The summed E-state index contributed by atoms with van der Waals surface area (Å²) < 4.78 is 27.1. The van der Waals surface area contributed by atoms with Crippen LogP contribution in [0.15, 0.2) is 30.3 Å². The fraction of sp³-hybridized carbons (Fsp3) is 0.655. The van der Waals surface area contributed by atoms with Crippen LogP contribution >= 0.6 is 11.3 Å². The van der Waals surface area contributed by atoms with Crippen LogP contribution in [0.5, 0.6) is 0 Å². The molecule has 6 rings (SSSR count). The van der Waals surface area contributed by atoms with Crippen LogP contribution in [-0.4, -0.2) is 41.5 Å². The molecule has 1 N–H and O–H groups in total. The number of amides is 1. The number of rotatable bonds is 4. The Hall–Kier alpha value is -1.86. The number of aryl methyl sites for hydroxylation is 1. The Morgan fingerprint density at radius 3 is 2.69 bits per heavy atom. The molecular formula is C29H37F2N3OS. The van der Waals surface area contributed by atoms with E-state index >= 15 is 0 Å². The molecule has 4 aliphatic rings. The van der Waals surface area contributed by atoms with Crippen LogP contribution in [0, 0.1) is 11.8 Å². The molecule has 194 valence electrons. The van der Waals surface area contributed by atoms with Gasteiger partial charge in [-0.1, -0.05) is 49.6 Å². The number of carbonyl (C=O) groups excluding carboxylic acids is 1. The molecule has 2 aromatic rings. The first-order valence-electron chi connectivity index (χ1n) is 13.9. The predicted octanol–water partition coefficient (Wildman–Crippen LogP) is 6.23. The molecule has 4 nitrogen and oxygen atoms in total. The van der Waals surface area contributed by atoms with Crippen LogP contribution in [0.3, 0.4) is 0 Å². The average molecular weight is 514 g/mol. The minimum absolute atomic E-state index is 0.0804. The van der Waals surface area contributed by atoms with E-state index in [4.69, 9.17) is 0 Å². The number of hydrogen-bond donors (Lipinski definition) is 1. The van der Waals surface area contributed by atoms with Crippen LogP contribution in [-0.2, 0) is 16.6 Å². The average Bonchev–Trinajstić information content (AvgIpc) is 3.55. The molecule has 3 heterocycles. The van der Waals surface area contributed by atoms with Gasteiger partial charge in [0.05, 0.1) is 11.6 Å². The molecule has 4 unspecified atom stereocenters. The zero-order valence-corrected chi connectivity index (χ0v) is 21.7. The number of benzene rings is 1. The Kier molecular flexibility index (Phi) is 6.89. The standard InChI is InChI=1S/C29H37F2N3OS/c30-26(31)27-33-23-12-7-14-29(25(23)36-27)18-32-17-22(29)28(35)34-15-13-21(19-8-3-1-4-9-19)16-24(34)20-10-5-2-6-11-20/h1,3-4,8-9,20-22,24,26,32H,2,5-7,10-18H2. The van der Waals surface area contributed by atoms with Crippen molar-refractivity contribution in [1.82, 2.24) is 15.2 Å². The highest BCUT2D eigenvalue weighted by Gasteiger charge is 2.54. The van der Waals surface area contributed by atoms with Gasteiger partial charge in [-0.3, -0.25) is 4.79 Å². The van der Waals surface area contributed by atoms with Gasteiger partial charge >= 0.3 is 0 Å². The lowest BCUT2D eigenvalue weighted by Crippen LogP contribution is -2.55. The Labute approximate surface area is 216 Å². The van der Waals surface area contributed by atoms with Gasteiger partial charge in [-0.2, -0.15) is 0 Å². The third-order valence-electron chi connectivity index (χ3n) is 9.54. The molecule has 1 amide bonds. The zero-order valence-electron chi connectivity index (χ0n) is 20.9. The maximum atomic E-state index is 14.4. The molecule has 2 aliphatic heterocycles. The first-order valence-corrected chi connectivity index (χ1v) is 14.7. The molecule has 1 spiro atoms. The van der Waals surface area contributed by atoms with Gasteiger partial charge in [-0.05, 0) is 62.3 Å². The second-order valence-electron chi connectivity index (χ2n) is 11.5. The zero-order chi connectivity index (χ0) is 24.7. The van der Waals surface area contributed by atoms with Crippen LogP contribution in [0.2, 0.25) is 0 Å². The highest BCUT2D eigenvalue weighted by Crippen LogP contribution is 2.50. The molecule has 1 aromatic heterocycles. The topological polar surface area (TPSA) is 45.2 Å². The Balaban J connectivity index is 1.30. The largest absolute Gasteiger partial charge is 0.339 e. The summed E-state index contributed by atoms with van der Waals surface area (Å²) in [5, 5.41) is 3.42. The minimum atomic E-state index is -2.55. The van der Waals surface area contributed by atoms with Gasteiger partial charge in [-0.15, -0.1) is 11.3 Å². The molecule has 0 radical (unpaired) electrons. The van der Waals surface area contributed by atoms with Crippen molar-refractivity contribution < 1.29 is 13.6 Å². The molecule has 3 fully saturated rings. The van der Waals surface area contributed by atoms with Crippen molar-refractivity contribution in [3.8, 4) is 0 Å². The fourth-order valence-electron chi connectivity index (χ4n) is 7.75. The van der Waals surface area contributed by atoms with E-state index in [1.165, 1.54) is 37.7 Å². The lowest BCUT2D eigenvalue weighted by molar-refractivity contribution is -0.143. The van der Waals surface area contributed by atoms with Gasteiger partial charge < -0.3 is 10.2 Å². The summed E-state index contributed by atoms with van der Waals surface area (Å²) in [6.45, 7) is 2.12. The first-order chi connectivity index (χ1) is 17.6. The highest BCUT2D eigenvalue weighted by molar-refractivity contribution is 7.12. The third kappa shape index (κ3) is 4.30. The van der Waals surface area contributed by atoms with E-state index in [0.29, 0.717) is 24.9 Å². The van der Waals surface area contributed by atoms with Crippen LogP contribution < -0.4 is 5.32 Å². The molecule has 7 heteroatoms. The monoisotopic (exact) mass is 513 g/mol. The van der Waals surface area contributed by atoms with Gasteiger partial charge in [0.1, 0.15) is 0 Å². The summed E-state index contributed by atoms with van der Waals surface area (Å²) in [6.07, 6.45) is 8.25. The number of nitrogens with one attached hydrogen (secondary N) is 1. The van der Waals surface area contributed by atoms with Crippen molar-refractivity contribution in [2.45, 2.75) is 88.0 Å². The minimum Gasteiger partial charge on any atom is -0.339 e. The number of thiazole rings is 1. The van der Waals surface area contributed by atoms with Crippen molar-refractivity contribution in [3.63, 3.8) is 0 Å². The fourth-order valence-corrected chi connectivity index (χ4v) is 8.99. The molecular weight excluding hydrogens is 476 g/mol. The number of alkyl halides is 2. The van der Waals surface area contributed by atoms with E-state index in [-0.39, 0.29) is 28.3 Å². The summed E-state index contributed by atoms with van der Waals surface area (Å²) in [5.74, 6) is 1.12. The number of aromatic nitrogens is 1. The van der Waals surface area contributed by atoms with Crippen molar-refractivity contribution in [1.29, 1.82) is 0 Å². The number of halogens is 2. The summed E-state index contributed by atoms with van der Waals surface area (Å²) >= 11 is 1.16. The Bertz CT molecular complexity index is 1070. The van der Waals surface area contributed by atoms with Crippen molar-refractivity contribution in [2.24, 2.45) is 11.8 Å². The molecule has 4 atom stereocenters. The van der Waals surface area contributed by atoms with Crippen molar-refractivity contribution in [3.05, 3.63) is 51.5 Å². The SMILES string of the molecule is O=C(C1CNCC12CCCc1nc(C(F)F)sc12)N1CCC(c2ccccc2)CC1C1CCCCC1. The maximum absolute atomic E-state index is 14.4. The number of likely N-dealkylation sites (tertiary alicyclic amines) is 1. The predicted molar refractivity (Wildman–Crippen MR) is 139 cm³/mol. The van der Waals surface area contributed by atoms with E-state index in [0.717, 1.165) is 60.6 Å². The number of piperidine rings is 1. The smallest absolute Gasteiger partial charge is 0.289 e. The molecule has 1 aromatic carbocycles. The molecule has 36 heavy (non-hydrogen) atoms. The second kappa shape index (κ2) is 10.1. The number of fused-ring (bicyclic) bond motifs is 2. The van der Waals surface area contributed by atoms with Crippen LogP contribution in [0.4, 0.5) is 8.78 Å². The molecule has 1 saturated carbocycles. The normalized spacial score (nSPS) is 31.2. The van der Waals surface area contributed by atoms with Gasteiger partial charge in [-0.25, -0.2) is 13.8 Å². The quantitative estimate of drug-likeness (QED) is 0.527. The third-order valence-corrected chi connectivity index (χ3v) is 10.9. The van der Waals surface area contributed by atoms with Gasteiger partial charge in [0, 0.05) is 36.0 Å². The van der Waals surface area contributed by atoms with Gasteiger partial charge in [0.25, 0.3) is 6.43 Å². The summed E-state index contributed by atoms with van der Waals surface area (Å²) in [6, 6.07) is 11.1. The lowest BCUT2D eigenvalue weighted by Gasteiger charge is -2.47.